The van der Waals surface area contributed by atoms with Crippen molar-refractivity contribution in [3.63, 3.8) is 0 Å². The summed E-state index contributed by atoms with van der Waals surface area (Å²) in [6.45, 7) is 0. The van der Waals surface area contributed by atoms with Crippen LogP contribution < -0.4 is 5.32 Å². The molecule has 0 fully saturated rings. The van der Waals surface area contributed by atoms with Gasteiger partial charge in [-0.25, -0.2) is 8.78 Å². The van der Waals surface area contributed by atoms with Crippen molar-refractivity contribution >= 4 is 15.9 Å². The molecule has 1 aromatic carbocycles. The molecular formula is C14H13BrF2N2. The quantitative estimate of drug-likeness (QED) is 0.928. The Kier molecular flexibility index (Phi) is 4.61. The van der Waals surface area contributed by atoms with Crippen LogP contribution in [0.15, 0.2) is 41.0 Å². The van der Waals surface area contributed by atoms with Crippen LogP contribution in [0.5, 0.6) is 0 Å². The molecule has 1 unspecified atom stereocenters. The van der Waals surface area contributed by atoms with Crippen molar-refractivity contribution in [1.82, 2.24) is 10.3 Å². The molecule has 2 nitrogen and oxygen atoms in total. The molecule has 5 heteroatoms. The number of benzene rings is 1. The summed E-state index contributed by atoms with van der Waals surface area (Å²) in [7, 11) is 1.79. The smallest absolute Gasteiger partial charge is 0.129 e. The molecule has 0 aliphatic heterocycles. The number of aromatic nitrogens is 1. The Morgan fingerprint density at radius 2 is 2.05 bits per heavy atom. The van der Waals surface area contributed by atoms with E-state index in [1.54, 1.807) is 13.2 Å². The number of hydrogen-bond acceptors (Lipinski definition) is 2. The van der Waals surface area contributed by atoms with E-state index >= 15 is 0 Å². The zero-order chi connectivity index (χ0) is 13.8. The Morgan fingerprint density at radius 1 is 1.26 bits per heavy atom. The summed E-state index contributed by atoms with van der Waals surface area (Å²) in [6, 6.07) is 7.26. The summed E-state index contributed by atoms with van der Waals surface area (Å²) in [5.41, 5.74) is 1.28. The highest BCUT2D eigenvalue weighted by Gasteiger charge is 2.14. The Bertz CT molecular complexity index is 558. The van der Waals surface area contributed by atoms with Crippen molar-refractivity contribution in [3.05, 3.63) is 63.9 Å². The van der Waals surface area contributed by atoms with Crippen molar-refractivity contribution in [2.45, 2.75) is 12.5 Å². The third-order valence-electron chi connectivity index (χ3n) is 2.89. The van der Waals surface area contributed by atoms with E-state index in [1.807, 2.05) is 12.1 Å². The fraction of sp³-hybridized carbons (Fsp3) is 0.214. The van der Waals surface area contributed by atoms with Crippen molar-refractivity contribution in [3.8, 4) is 0 Å². The Morgan fingerprint density at radius 3 is 2.63 bits per heavy atom. The van der Waals surface area contributed by atoms with Crippen molar-refractivity contribution in [2.24, 2.45) is 0 Å². The van der Waals surface area contributed by atoms with Gasteiger partial charge in [0.05, 0.1) is 11.7 Å². The number of hydrogen-bond donors (Lipinski definition) is 1. The van der Waals surface area contributed by atoms with E-state index < -0.39 is 11.6 Å². The van der Waals surface area contributed by atoms with Crippen LogP contribution in [0.3, 0.4) is 0 Å². The van der Waals surface area contributed by atoms with E-state index in [0.717, 1.165) is 16.2 Å². The predicted octanol–water partition coefficient (Wildman–Crippen LogP) is 3.63. The average molecular weight is 327 g/mol. The second-order valence-corrected chi connectivity index (χ2v) is 5.10. The highest BCUT2D eigenvalue weighted by Crippen LogP contribution is 2.20. The van der Waals surface area contributed by atoms with Crippen LogP contribution in [-0.2, 0) is 6.42 Å². The third-order valence-corrected chi connectivity index (χ3v) is 3.36. The van der Waals surface area contributed by atoms with Gasteiger partial charge in [-0.15, -0.1) is 0 Å². The SMILES string of the molecule is CNC(Cc1ccc(F)cc1F)c1ccc(Br)cn1. The summed E-state index contributed by atoms with van der Waals surface area (Å²) in [6.07, 6.45) is 2.11. The van der Waals surface area contributed by atoms with Crippen LogP contribution in [0.4, 0.5) is 8.78 Å². The van der Waals surface area contributed by atoms with Crippen LogP contribution >= 0.6 is 15.9 Å². The summed E-state index contributed by atoms with van der Waals surface area (Å²) < 4.78 is 27.4. The van der Waals surface area contributed by atoms with Gasteiger partial charge < -0.3 is 5.32 Å². The first-order valence-electron chi connectivity index (χ1n) is 5.83. The first-order chi connectivity index (χ1) is 9.10. The van der Waals surface area contributed by atoms with Crippen molar-refractivity contribution in [1.29, 1.82) is 0 Å². The fourth-order valence-corrected chi connectivity index (χ4v) is 2.09. The van der Waals surface area contributed by atoms with Gasteiger partial charge in [-0.2, -0.15) is 0 Å². The maximum Gasteiger partial charge on any atom is 0.129 e. The van der Waals surface area contributed by atoms with Gasteiger partial charge in [0.25, 0.3) is 0 Å². The number of nitrogens with one attached hydrogen (secondary N) is 1. The minimum atomic E-state index is -0.566. The zero-order valence-corrected chi connectivity index (χ0v) is 11.9. The molecule has 0 aliphatic rings. The van der Waals surface area contributed by atoms with Gasteiger partial charge in [0.1, 0.15) is 11.6 Å². The second-order valence-electron chi connectivity index (χ2n) is 4.18. The molecule has 1 heterocycles. The van der Waals surface area contributed by atoms with E-state index in [4.69, 9.17) is 0 Å². The van der Waals surface area contributed by atoms with Crippen LogP contribution in [0.1, 0.15) is 17.3 Å². The minimum absolute atomic E-state index is 0.118. The van der Waals surface area contributed by atoms with Gasteiger partial charge in [0.15, 0.2) is 0 Å². The summed E-state index contributed by atoms with van der Waals surface area (Å²) in [4.78, 5) is 4.29. The molecule has 0 aliphatic carbocycles. The standard InChI is InChI=1S/C14H13BrF2N2/c1-18-14(13-5-3-10(15)8-19-13)6-9-2-4-11(16)7-12(9)17/h2-5,7-8,14,18H,6H2,1H3. The highest BCUT2D eigenvalue weighted by atomic mass is 79.9. The molecule has 0 spiro atoms. The lowest BCUT2D eigenvalue weighted by atomic mass is 10.0. The van der Waals surface area contributed by atoms with Crippen molar-refractivity contribution in [2.75, 3.05) is 7.05 Å². The topological polar surface area (TPSA) is 24.9 Å². The predicted molar refractivity (Wildman–Crippen MR) is 73.8 cm³/mol. The van der Waals surface area contributed by atoms with Crippen LogP contribution in [-0.4, -0.2) is 12.0 Å². The lowest BCUT2D eigenvalue weighted by molar-refractivity contribution is 0.534. The number of rotatable bonds is 4. The number of likely N-dealkylation sites (N-methyl/N-ethyl adjacent to an activating group) is 1. The second kappa shape index (κ2) is 6.21. The minimum Gasteiger partial charge on any atom is -0.311 e. The molecule has 0 saturated carbocycles. The molecule has 0 radical (unpaired) electrons. The highest BCUT2D eigenvalue weighted by molar-refractivity contribution is 9.10. The molecule has 2 rings (SSSR count). The van der Waals surface area contributed by atoms with Gasteiger partial charge >= 0.3 is 0 Å². The van der Waals surface area contributed by atoms with Crippen LogP contribution in [0.25, 0.3) is 0 Å². The third kappa shape index (κ3) is 3.58. The van der Waals surface area contributed by atoms with Crippen LogP contribution in [0.2, 0.25) is 0 Å². The van der Waals surface area contributed by atoms with E-state index in [9.17, 15) is 8.78 Å². The monoisotopic (exact) mass is 326 g/mol. The molecule has 0 amide bonds. The summed E-state index contributed by atoms with van der Waals surface area (Å²) in [5.74, 6) is -1.10. The first-order valence-corrected chi connectivity index (χ1v) is 6.62. The van der Waals surface area contributed by atoms with E-state index in [0.29, 0.717) is 12.0 Å². The molecule has 0 saturated heterocycles. The van der Waals surface area contributed by atoms with Gasteiger partial charge in [-0.05, 0) is 53.2 Å². The molecule has 19 heavy (non-hydrogen) atoms. The lowest BCUT2D eigenvalue weighted by Crippen LogP contribution is -2.20. The van der Waals surface area contributed by atoms with Gasteiger partial charge in [0, 0.05) is 16.7 Å². The molecule has 0 bridgehead atoms. The molecular weight excluding hydrogens is 314 g/mol. The summed E-state index contributed by atoms with van der Waals surface area (Å²) >= 11 is 3.32. The molecule has 100 valence electrons. The normalized spacial score (nSPS) is 12.4. The van der Waals surface area contributed by atoms with E-state index in [1.165, 1.54) is 12.1 Å². The molecule has 1 N–H and O–H groups in total. The lowest BCUT2D eigenvalue weighted by Gasteiger charge is -2.16. The Balaban J connectivity index is 2.21. The Hall–Kier alpha value is -1.33. The number of nitrogens with zero attached hydrogens (tertiary/aromatic N) is 1. The number of pyridine rings is 1. The largest absolute Gasteiger partial charge is 0.311 e. The molecule has 2 aromatic rings. The molecule has 1 aromatic heterocycles. The fourth-order valence-electron chi connectivity index (χ4n) is 1.86. The maximum atomic E-state index is 13.6. The van der Waals surface area contributed by atoms with Gasteiger partial charge in [-0.1, -0.05) is 6.07 Å². The maximum absolute atomic E-state index is 13.6. The first kappa shape index (κ1) is 14.1. The zero-order valence-electron chi connectivity index (χ0n) is 10.3. The van der Waals surface area contributed by atoms with Gasteiger partial charge in [-0.3, -0.25) is 4.98 Å². The Labute approximate surface area is 119 Å². The van der Waals surface area contributed by atoms with Crippen molar-refractivity contribution < 1.29 is 8.78 Å². The van der Waals surface area contributed by atoms with Crippen LogP contribution in [0, 0.1) is 11.6 Å². The average Bonchev–Trinajstić information content (AvgIpc) is 2.39. The summed E-state index contributed by atoms with van der Waals surface area (Å²) in [5, 5.41) is 3.09. The van der Waals surface area contributed by atoms with E-state index in [-0.39, 0.29) is 6.04 Å². The molecule has 1 atom stereocenters. The number of halogens is 3. The van der Waals surface area contributed by atoms with E-state index in [2.05, 4.69) is 26.2 Å². The van der Waals surface area contributed by atoms with Gasteiger partial charge in [0.2, 0.25) is 0 Å².